The van der Waals surface area contributed by atoms with Crippen LogP contribution in [0, 0.1) is 12.7 Å². The highest BCUT2D eigenvalue weighted by atomic mass is 19.1. The van der Waals surface area contributed by atoms with Gasteiger partial charge in [-0.05, 0) is 72.9 Å². The molecule has 3 aromatic carbocycles. The molecule has 0 aromatic heterocycles. The Balaban J connectivity index is 1.48. The first-order valence-electron chi connectivity index (χ1n) is 9.82. The molecule has 4 rings (SSSR count). The Morgan fingerprint density at radius 1 is 0.967 bits per heavy atom. The predicted molar refractivity (Wildman–Crippen MR) is 113 cm³/mol. The third-order valence-corrected chi connectivity index (χ3v) is 4.93. The lowest BCUT2D eigenvalue weighted by molar-refractivity contribution is 0.174. The van der Waals surface area contributed by atoms with E-state index in [1.54, 1.807) is 12.1 Å². The Labute approximate surface area is 174 Å². The molecule has 1 atom stereocenters. The molecule has 1 aliphatic rings. The number of carbonyl (C=O) groups excluding carboxylic acids is 1. The molecule has 3 aromatic rings. The van der Waals surface area contributed by atoms with Crippen LogP contribution in [0.4, 0.5) is 14.9 Å². The fourth-order valence-electron chi connectivity index (χ4n) is 3.51. The summed E-state index contributed by atoms with van der Waals surface area (Å²) in [5, 5.41) is 5.93. The lowest BCUT2D eigenvalue weighted by Crippen LogP contribution is -2.40. The zero-order valence-electron chi connectivity index (χ0n) is 16.7. The average molecular weight is 406 g/mol. The van der Waals surface area contributed by atoms with E-state index in [2.05, 4.69) is 10.6 Å². The van der Waals surface area contributed by atoms with Gasteiger partial charge < -0.3 is 20.1 Å². The van der Waals surface area contributed by atoms with E-state index < -0.39 is 0 Å². The van der Waals surface area contributed by atoms with Crippen molar-refractivity contribution in [1.29, 1.82) is 0 Å². The van der Waals surface area contributed by atoms with Crippen LogP contribution in [0.2, 0.25) is 0 Å². The Bertz CT molecular complexity index is 1040. The number of hydrogen-bond acceptors (Lipinski definition) is 3. The third kappa shape index (κ3) is 5.08. The topological polar surface area (TPSA) is 59.6 Å². The van der Waals surface area contributed by atoms with Crippen LogP contribution in [0.1, 0.15) is 16.7 Å². The van der Waals surface area contributed by atoms with Crippen molar-refractivity contribution in [3.8, 4) is 11.5 Å². The fourth-order valence-corrected chi connectivity index (χ4v) is 3.51. The van der Waals surface area contributed by atoms with Gasteiger partial charge in [-0.1, -0.05) is 30.3 Å². The highest BCUT2D eigenvalue weighted by molar-refractivity contribution is 5.89. The van der Waals surface area contributed by atoms with E-state index in [4.69, 9.17) is 9.47 Å². The summed E-state index contributed by atoms with van der Waals surface area (Å²) < 4.78 is 24.1. The van der Waals surface area contributed by atoms with Gasteiger partial charge in [-0.2, -0.15) is 0 Å². The second kappa shape index (κ2) is 8.86. The van der Waals surface area contributed by atoms with Crippen molar-refractivity contribution in [3.63, 3.8) is 0 Å². The Morgan fingerprint density at radius 2 is 1.70 bits per heavy atom. The third-order valence-electron chi connectivity index (χ3n) is 4.93. The zero-order chi connectivity index (χ0) is 20.9. The second-order valence-corrected chi connectivity index (χ2v) is 7.39. The van der Waals surface area contributed by atoms with Crippen molar-refractivity contribution in [2.24, 2.45) is 0 Å². The first-order chi connectivity index (χ1) is 14.5. The van der Waals surface area contributed by atoms with Gasteiger partial charge in [0.15, 0.2) is 11.5 Å². The maximum Gasteiger partial charge on any atom is 0.319 e. The molecule has 1 heterocycles. The van der Waals surface area contributed by atoms with Crippen LogP contribution >= 0.6 is 0 Å². The van der Waals surface area contributed by atoms with Gasteiger partial charge in [0.05, 0.1) is 0 Å². The van der Waals surface area contributed by atoms with Gasteiger partial charge in [-0.25, -0.2) is 9.18 Å². The number of hydrogen-bond donors (Lipinski definition) is 2. The van der Waals surface area contributed by atoms with Crippen molar-refractivity contribution >= 4 is 11.7 Å². The van der Waals surface area contributed by atoms with E-state index >= 15 is 0 Å². The zero-order valence-corrected chi connectivity index (χ0v) is 16.7. The minimum Gasteiger partial charge on any atom is -0.454 e. The van der Waals surface area contributed by atoms with E-state index in [0.29, 0.717) is 18.6 Å². The van der Waals surface area contributed by atoms with Crippen LogP contribution in [0.15, 0.2) is 66.7 Å². The van der Waals surface area contributed by atoms with Gasteiger partial charge in [-0.15, -0.1) is 0 Å². The average Bonchev–Trinajstić information content (AvgIpc) is 3.17. The number of anilines is 1. The molecule has 2 N–H and O–H groups in total. The minimum absolute atomic E-state index is 0.194. The molecule has 0 radical (unpaired) electrons. The normalized spacial score (nSPS) is 13.0. The lowest BCUT2D eigenvalue weighted by atomic mass is 9.98. The minimum atomic E-state index is -0.284. The monoisotopic (exact) mass is 406 g/mol. The molecule has 0 saturated carbocycles. The van der Waals surface area contributed by atoms with Crippen molar-refractivity contribution in [2.45, 2.75) is 25.8 Å². The maximum atomic E-state index is 13.3. The largest absolute Gasteiger partial charge is 0.454 e. The molecule has 1 unspecified atom stereocenters. The molecule has 0 saturated heterocycles. The molecular weight excluding hydrogens is 383 g/mol. The van der Waals surface area contributed by atoms with E-state index in [-0.39, 0.29) is 24.7 Å². The summed E-state index contributed by atoms with van der Waals surface area (Å²) in [6, 6.07) is 19.3. The van der Waals surface area contributed by atoms with Crippen molar-refractivity contribution in [1.82, 2.24) is 5.32 Å². The molecule has 1 aliphatic heterocycles. The number of amides is 2. The van der Waals surface area contributed by atoms with Crippen LogP contribution in [-0.4, -0.2) is 18.9 Å². The van der Waals surface area contributed by atoms with Gasteiger partial charge >= 0.3 is 6.03 Å². The number of nitrogens with one attached hydrogen (secondary N) is 2. The highest BCUT2D eigenvalue weighted by Crippen LogP contribution is 2.33. The second-order valence-electron chi connectivity index (χ2n) is 7.39. The maximum absolute atomic E-state index is 13.3. The molecule has 0 aliphatic carbocycles. The Kier molecular flexibility index (Phi) is 5.84. The van der Waals surface area contributed by atoms with Crippen molar-refractivity contribution < 1.29 is 18.7 Å². The number of benzene rings is 3. The first kappa shape index (κ1) is 19.8. The van der Waals surface area contributed by atoms with Crippen molar-refractivity contribution in [3.05, 3.63) is 89.2 Å². The number of fused-ring (bicyclic) bond motifs is 1. The number of carbonyl (C=O) groups is 1. The molecule has 6 heteroatoms. The molecule has 0 spiro atoms. The molecule has 154 valence electrons. The van der Waals surface area contributed by atoms with E-state index in [9.17, 15) is 9.18 Å². The highest BCUT2D eigenvalue weighted by Gasteiger charge is 2.18. The standard InChI is InChI=1S/C24H23FN2O3/c1-16-3-2-4-20(11-16)26-24(28)27-21(12-17-5-8-19(25)9-6-17)13-18-7-10-22-23(14-18)30-15-29-22/h2-11,14,21H,12-13,15H2,1H3,(H2,26,27,28). The van der Waals surface area contributed by atoms with Gasteiger partial charge in [0.2, 0.25) is 6.79 Å². The van der Waals surface area contributed by atoms with Crippen molar-refractivity contribution in [2.75, 3.05) is 12.1 Å². The lowest BCUT2D eigenvalue weighted by Gasteiger charge is -2.20. The number of aryl methyl sites for hydroxylation is 1. The van der Waals surface area contributed by atoms with E-state index in [0.717, 1.165) is 28.1 Å². The Hall–Kier alpha value is -3.54. The summed E-state index contributed by atoms with van der Waals surface area (Å²) in [5.41, 5.74) is 3.76. The number of halogens is 1. The van der Waals surface area contributed by atoms with E-state index in [1.165, 1.54) is 12.1 Å². The van der Waals surface area contributed by atoms with E-state index in [1.807, 2.05) is 49.4 Å². The first-order valence-corrected chi connectivity index (χ1v) is 9.82. The summed E-state index contributed by atoms with van der Waals surface area (Å²) in [6.07, 6.45) is 1.16. The Morgan fingerprint density at radius 3 is 2.50 bits per heavy atom. The van der Waals surface area contributed by atoms with Crippen LogP contribution < -0.4 is 20.1 Å². The number of rotatable bonds is 6. The molecule has 2 amide bonds. The molecule has 30 heavy (non-hydrogen) atoms. The molecular formula is C24H23FN2O3. The summed E-state index contributed by atoms with van der Waals surface area (Å²) >= 11 is 0. The smallest absolute Gasteiger partial charge is 0.319 e. The number of ether oxygens (including phenoxy) is 2. The van der Waals surface area contributed by atoms with Gasteiger partial charge in [0.1, 0.15) is 5.82 Å². The summed E-state index contributed by atoms with van der Waals surface area (Å²) in [7, 11) is 0. The fraction of sp³-hybridized carbons (Fsp3) is 0.208. The molecule has 0 fully saturated rings. The van der Waals surface area contributed by atoms with Gasteiger partial charge in [0, 0.05) is 11.7 Å². The van der Waals surface area contributed by atoms with Gasteiger partial charge in [-0.3, -0.25) is 0 Å². The molecule has 5 nitrogen and oxygen atoms in total. The summed E-state index contributed by atoms with van der Waals surface area (Å²) in [4.78, 5) is 12.6. The molecule has 0 bridgehead atoms. The SMILES string of the molecule is Cc1cccc(NC(=O)NC(Cc2ccc(F)cc2)Cc2ccc3c(c2)OCO3)c1. The van der Waals surface area contributed by atoms with Gasteiger partial charge in [0.25, 0.3) is 0 Å². The van der Waals surface area contributed by atoms with Crippen LogP contribution in [0.3, 0.4) is 0 Å². The number of urea groups is 1. The van der Waals surface area contributed by atoms with Crippen LogP contribution in [-0.2, 0) is 12.8 Å². The van der Waals surface area contributed by atoms with Crippen LogP contribution in [0.5, 0.6) is 11.5 Å². The quantitative estimate of drug-likeness (QED) is 0.616. The van der Waals surface area contributed by atoms with Crippen LogP contribution in [0.25, 0.3) is 0 Å². The summed E-state index contributed by atoms with van der Waals surface area (Å²) in [5.74, 6) is 1.15. The summed E-state index contributed by atoms with van der Waals surface area (Å²) in [6.45, 7) is 2.19. The predicted octanol–water partition coefficient (Wildman–Crippen LogP) is 4.84.